The topological polar surface area (TPSA) is 131 Å². The van der Waals surface area contributed by atoms with Crippen molar-refractivity contribution >= 4 is 55.5 Å². The molecule has 0 unspecified atom stereocenters. The van der Waals surface area contributed by atoms with Gasteiger partial charge in [0.2, 0.25) is 21.9 Å². The molecule has 0 heterocycles. The van der Waals surface area contributed by atoms with Crippen LogP contribution < -0.4 is 16.2 Å². The standard InChI is InChI=1S/C29H28BrN5O3S2/c1-35(20-27(36)33-26-18-17-24(19-25(26)30)40(32,37)38)28(31)34-39-29(21-11-5-2-6-12-21,22-13-7-3-8-14-22)23-15-9-4-10-16-23/h2-19H,20H2,1H3,(H2,31,34)(H,33,36)(H2,32,37,38). The third-order valence-electron chi connectivity index (χ3n) is 6.13. The Bertz CT molecular complexity index is 1510. The fraction of sp³-hybridized carbons (Fsp3) is 0.103. The highest BCUT2D eigenvalue weighted by Gasteiger charge is 2.38. The molecule has 0 bridgehead atoms. The van der Waals surface area contributed by atoms with Gasteiger partial charge in [-0.15, -0.1) is 0 Å². The summed E-state index contributed by atoms with van der Waals surface area (Å²) in [6.45, 7) is -0.0890. The Morgan fingerprint density at radius 3 is 1.80 bits per heavy atom. The van der Waals surface area contributed by atoms with E-state index >= 15 is 0 Å². The van der Waals surface area contributed by atoms with Crippen molar-refractivity contribution in [2.75, 3.05) is 18.9 Å². The van der Waals surface area contributed by atoms with Crippen molar-refractivity contribution in [1.29, 1.82) is 0 Å². The van der Waals surface area contributed by atoms with Gasteiger partial charge in [-0.25, -0.2) is 13.6 Å². The number of nitrogens with zero attached hydrogens (tertiary/aromatic N) is 2. The Balaban J connectivity index is 1.59. The number of carbonyl (C=O) groups excluding carboxylic acids is 1. The molecule has 40 heavy (non-hydrogen) atoms. The lowest BCUT2D eigenvalue weighted by molar-refractivity contribution is -0.116. The number of carbonyl (C=O) groups is 1. The zero-order chi connectivity index (χ0) is 28.8. The molecule has 4 aromatic rings. The summed E-state index contributed by atoms with van der Waals surface area (Å²) < 4.78 is 27.5. The maximum atomic E-state index is 12.8. The van der Waals surface area contributed by atoms with Gasteiger partial charge in [-0.3, -0.25) is 4.79 Å². The Morgan fingerprint density at radius 2 is 1.38 bits per heavy atom. The normalized spacial score (nSPS) is 12.1. The van der Waals surface area contributed by atoms with E-state index in [-0.39, 0.29) is 23.3 Å². The van der Waals surface area contributed by atoms with Crippen LogP contribution in [-0.2, 0) is 19.6 Å². The molecule has 0 atom stereocenters. The van der Waals surface area contributed by atoms with E-state index < -0.39 is 14.8 Å². The second-order valence-corrected chi connectivity index (χ2v) is 12.3. The van der Waals surface area contributed by atoms with E-state index in [9.17, 15) is 13.2 Å². The summed E-state index contributed by atoms with van der Waals surface area (Å²) in [4.78, 5) is 14.3. The molecule has 0 aliphatic carbocycles. The number of benzene rings is 4. The number of nitrogens with one attached hydrogen (secondary N) is 1. The number of likely N-dealkylation sites (N-methyl/N-ethyl adjacent to an activating group) is 1. The van der Waals surface area contributed by atoms with Gasteiger partial charge >= 0.3 is 0 Å². The average Bonchev–Trinajstić information content (AvgIpc) is 2.95. The molecule has 0 aliphatic heterocycles. The number of hydrogen-bond acceptors (Lipinski definition) is 5. The van der Waals surface area contributed by atoms with Crippen LogP contribution >= 0.6 is 27.9 Å². The molecule has 0 fully saturated rings. The fourth-order valence-electron chi connectivity index (χ4n) is 4.12. The highest BCUT2D eigenvalue weighted by atomic mass is 79.9. The summed E-state index contributed by atoms with van der Waals surface area (Å²) in [5.41, 5.74) is 9.87. The Hall–Kier alpha value is -3.64. The molecule has 1 amide bonds. The summed E-state index contributed by atoms with van der Waals surface area (Å²) >= 11 is 4.59. The van der Waals surface area contributed by atoms with E-state index in [2.05, 4.69) is 57.6 Å². The van der Waals surface area contributed by atoms with Crippen molar-refractivity contribution in [2.24, 2.45) is 15.3 Å². The second-order valence-electron chi connectivity index (χ2n) is 8.91. The number of nitrogens with two attached hydrogens (primary N) is 2. The lowest BCUT2D eigenvalue weighted by Crippen LogP contribution is -2.39. The minimum atomic E-state index is -3.87. The van der Waals surface area contributed by atoms with Gasteiger partial charge in [-0.05, 0) is 62.8 Å². The summed E-state index contributed by atoms with van der Waals surface area (Å²) in [6.07, 6.45) is 0. The first-order chi connectivity index (χ1) is 19.1. The number of rotatable bonds is 9. The first kappa shape index (κ1) is 29.3. The summed E-state index contributed by atoms with van der Waals surface area (Å²) in [5.74, 6) is -0.203. The first-order valence-electron chi connectivity index (χ1n) is 12.1. The van der Waals surface area contributed by atoms with Crippen LogP contribution in [0.2, 0.25) is 0 Å². The number of hydrogen-bond donors (Lipinski definition) is 3. The van der Waals surface area contributed by atoms with Gasteiger partial charge < -0.3 is 16.0 Å². The molecule has 11 heteroatoms. The number of halogens is 1. The van der Waals surface area contributed by atoms with Gasteiger partial charge in [0.1, 0.15) is 4.75 Å². The molecule has 4 aromatic carbocycles. The first-order valence-corrected chi connectivity index (χ1v) is 15.2. The van der Waals surface area contributed by atoms with Gasteiger partial charge in [-0.2, -0.15) is 4.40 Å². The van der Waals surface area contributed by atoms with E-state index in [1.165, 1.54) is 30.1 Å². The van der Waals surface area contributed by atoms with Crippen molar-refractivity contribution in [2.45, 2.75) is 9.64 Å². The number of anilines is 1. The van der Waals surface area contributed by atoms with Crippen LogP contribution in [0.15, 0.2) is 123 Å². The molecular weight excluding hydrogens is 610 g/mol. The highest BCUT2D eigenvalue weighted by molar-refractivity contribution is 9.10. The van der Waals surface area contributed by atoms with E-state index in [1.54, 1.807) is 11.9 Å². The molecule has 0 radical (unpaired) electrons. The molecule has 206 valence electrons. The summed E-state index contributed by atoms with van der Waals surface area (Å²) in [7, 11) is -2.19. The van der Waals surface area contributed by atoms with Crippen molar-refractivity contribution in [3.05, 3.63) is 130 Å². The smallest absolute Gasteiger partial charge is 0.244 e. The summed E-state index contributed by atoms with van der Waals surface area (Å²) in [6, 6.07) is 34.4. The molecule has 0 aliphatic rings. The molecule has 0 saturated heterocycles. The van der Waals surface area contributed by atoms with Gasteiger partial charge in [-0.1, -0.05) is 91.0 Å². The van der Waals surface area contributed by atoms with Crippen LogP contribution in [0.4, 0.5) is 5.69 Å². The minimum absolute atomic E-state index is 0.0679. The molecule has 4 rings (SSSR count). The Morgan fingerprint density at radius 1 is 0.900 bits per heavy atom. The van der Waals surface area contributed by atoms with Gasteiger partial charge in [0.05, 0.1) is 17.1 Å². The third kappa shape index (κ3) is 6.73. The molecule has 8 nitrogen and oxygen atoms in total. The number of guanidine groups is 1. The van der Waals surface area contributed by atoms with E-state index in [1.807, 2.05) is 54.6 Å². The molecule has 0 spiro atoms. The van der Waals surface area contributed by atoms with E-state index in [4.69, 9.17) is 15.3 Å². The van der Waals surface area contributed by atoms with Crippen LogP contribution in [-0.4, -0.2) is 38.8 Å². The van der Waals surface area contributed by atoms with Crippen molar-refractivity contribution < 1.29 is 13.2 Å². The maximum absolute atomic E-state index is 12.8. The highest BCUT2D eigenvalue weighted by Crippen LogP contribution is 2.48. The summed E-state index contributed by atoms with van der Waals surface area (Å²) in [5, 5.41) is 7.92. The molecule has 0 aromatic heterocycles. The number of amides is 1. The maximum Gasteiger partial charge on any atom is 0.244 e. The Kier molecular flexibility index (Phi) is 9.31. The van der Waals surface area contributed by atoms with Crippen LogP contribution in [0, 0.1) is 0 Å². The number of sulfonamides is 1. The van der Waals surface area contributed by atoms with Crippen LogP contribution in [0.25, 0.3) is 0 Å². The lowest BCUT2D eigenvalue weighted by atomic mass is 9.84. The quantitative estimate of drug-likeness (QED) is 0.103. The van der Waals surface area contributed by atoms with Crippen molar-refractivity contribution in [3.63, 3.8) is 0 Å². The molecule has 5 N–H and O–H groups in total. The predicted molar refractivity (Wildman–Crippen MR) is 165 cm³/mol. The van der Waals surface area contributed by atoms with Gasteiger partial charge in [0, 0.05) is 11.5 Å². The zero-order valence-corrected chi connectivity index (χ0v) is 24.8. The minimum Gasteiger partial charge on any atom is -0.369 e. The zero-order valence-electron chi connectivity index (χ0n) is 21.6. The van der Waals surface area contributed by atoms with Crippen LogP contribution in [0.1, 0.15) is 16.7 Å². The largest absolute Gasteiger partial charge is 0.369 e. The lowest BCUT2D eigenvalue weighted by Gasteiger charge is -2.33. The predicted octanol–water partition coefficient (Wildman–Crippen LogP) is 4.92. The average molecular weight is 639 g/mol. The Labute approximate surface area is 246 Å². The second kappa shape index (κ2) is 12.7. The van der Waals surface area contributed by atoms with Crippen molar-refractivity contribution in [1.82, 2.24) is 4.90 Å². The fourth-order valence-corrected chi connectivity index (χ4v) is 6.39. The van der Waals surface area contributed by atoms with Crippen molar-refractivity contribution in [3.8, 4) is 0 Å². The number of primary sulfonamides is 1. The van der Waals surface area contributed by atoms with E-state index in [0.717, 1.165) is 16.7 Å². The van der Waals surface area contributed by atoms with Gasteiger partial charge in [0.25, 0.3) is 0 Å². The van der Waals surface area contributed by atoms with Crippen LogP contribution in [0.5, 0.6) is 0 Å². The van der Waals surface area contributed by atoms with Crippen LogP contribution in [0.3, 0.4) is 0 Å². The third-order valence-corrected chi connectivity index (χ3v) is 8.96. The molecular formula is C29H28BrN5O3S2. The van der Waals surface area contributed by atoms with E-state index in [0.29, 0.717) is 10.2 Å². The monoisotopic (exact) mass is 637 g/mol. The van der Waals surface area contributed by atoms with Gasteiger partial charge in [0.15, 0.2) is 0 Å². The molecule has 0 saturated carbocycles. The SMILES string of the molecule is CN(CC(=O)Nc1ccc(S(N)(=O)=O)cc1Br)/C(N)=N/SC(c1ccccc1)(c1ccccc1)c1ccccc1.